The molecule has 4 heteroatoms. The summed E-state index contributed by atoms with van der Waals surface area (Å²) in [5.74, 6) is 1.72. The van der Waals surface area contributed by atoms with Crippen LogP contribution in [0.2, 0.25) is 0 Å². The van der Waals surface area contributed by atoms with E-state index < -0.39 is 0 Å². The summed E-state index contributed by atoms with van der Waals surface area (Å²) in [6.45, 7) is 4.96. The van der Waals surface area contributed by atoms with Gasteiger partial charge in [0.05, 0.1) is 15.9 Å². The molecule has 2 aromatic rings. The van der Waals surface area contributed by atoms with Crippen LogP contribution >= 0.6 is 11.3 Å². The van der Waals surface area contributed by atoms with E-state index in [1.54, 1.807) is 0 Å². The van der Waals surface area contributed by atoms with Crippen molar-refractivity contribution < 1.29 is 0 Å². The second-order valence-electron chi connectivity index (χ2n) is 5.61. The average molecular weight is 259 g/mol. The van der Waals surface area contributed by atoms with Crippen LogP contribution in [-0.2, 0) is 0 Å². The first-order valence-electron chi connectivity index (χ1n) is 6.57. The molecule has 0 radical (unpaired) electrons. The normalized spacial score (nSPS) is 28.2. The van der Waals surface area contributed by atoms with Crippen molar-refractivity contribution >= 4 is 27.2 Å². The van der Waals surface area contributed by atoms with Gasteiger partial charge < -0.3 is 9.80 Å². The Bertz CT molecular complexity index is 565. The molecule has 0 saturated carbocycles. The second kappa shape index (κ2) is 3.93. The molecule has 0 aliphatic carbocycles. The molecule has 0 spiro atoms. The average Bonchev–Trinajstić information content (AvgIpc) is 3.00. The van der Waals surface area contributed by atoms with Crippen LogP contribution < -0.4 is 4.90 Å². The zero-order valence-electron chi connectivity index (χ0n) is 10.5. The lowest BCUT2D eigenvalue weighted by Crippen LogP contribution is -2.26. The van der Waals surface area contributed by atoms with Gasteiger partial charge in [-0.1, -0.05) is 0 Å². The third kappa shape index (κ3) is 1.56. The summed E-state index contributed by atoms with van der Waals surface area (Å²) in [7, 11) is 2.24. The Morgan fingerprint density at radius 3 is 2.72 bits per heavy atom. The molecule has 2 aliphatic rings. The number of pyridine rings is 1. The summed E-state index contributed by atoms with van der Waals surface area (Å²) in [6.07, 6.45) is 1.95. The maximum atomic E-state index is 4.43. The molecule has 0 aromatic carbocycles. The second-order valence-corrected chi connectivity index (χ2v) is 6.53. The van der Waals surface area contributed by atoms with Crippen LogP contribution in [0.1, 0.15) is 0 Å². The van der Waals surface area contributed by atoms with E-state index in [0.717, 1.165) is 17.4 Å². The quantitative estimate of drug-likeness (QED) is 0.783. The number of anilines is 1. The minimum Gasteiger partial charge on any atom is -0.370 e. The minimum absolute atomic E-state index is 0.859. The van der Waals surface area contributed by atoms with Crippen LogP contribution in [0.15, 0.2) is 23.7 Å². The van der Waals surface area contributed by atoms with E-state index in [9.17, 15) is 0 Å². The van der Waals surface area contributed by atoms with Crippen LogP contribution in [0.25, 0.3) is 10.2 Å². The summed E-state index contributed by atoms with van der Waals surface area (Å²) in [4.78, 5) is 9.48. The van der Waals surface area contributed by atoms with Crippen molar-refractivity contribution in [3.05, 3.63) is 23.7 Å². The van der Waals surface area contributed by atoms with Crippen molar-refractivity contribution in [2.45, 2.75) is 0 Å². The fourth-order valence-electron chi connectivity index (χ4n) is 3.53. The van der Waals surface area contributed by atoms with Crippen molar-refractivity contribution in [3.8, 4) is 0 Å². The number of likely N-dealkylation sites (tertiary alicyclic amines) is 1. The highest BCUT2D eigenvalue weighted by Gasteiger charge is 2.39. The maximum absolute atomic E-state index is 4.43. The van der Waals surface area contributed by atoms with Gasteiger partial charge in [0.25, 0.3) is 0 Å². The predicted octanol–water partition coefficient (Wildman–Crippen LogP) is 2.29. The Balaban J connectivity index is 1.67. The van der Waals surface area contributed by atoms with E-state index in [1.165, 1.54) is 36.6 Å². The first-order valence-corrected chi connectivity index (χ1v) is 7.45. The van der Waals surface area contributed by atoms with Gasteiger partial charge in [0, 0.05) is 32.4 Å². The smallest absolute Gasteiger partial charge is 0.0830 e. The van der Waals surface area contributed by atoms with E-state index in [4.69, 9.17) is 0 Å². The molecule has 94 valence electrons. The lowest BCUT2D eigenvalue weighted by atomic mass is 10.0. The van der Waals surface area contributed by atoms with Crippen LogP contribution in [0, 0.1) is 11.8 Å². The van der Waals surface area contributed by atoms with E-state index >= 15 is 0 Å². The molecule has 2 atom stereocenters. The topological polar surface area (TPSA) is 19.4 Å². The van der Waals surface area contributed by atoms with Crippen molar-refractivity contribution in [3.63, 3.8) is 0 Å². The Morgan fingerprint density at radius 2 is 1.94 bits per heavy atom. The van der Waals surface area contributed by atoms with Crippen LogP contribution in [0.5, 0.6) is 0 Å². The number of fused-ring (bicyclic) bond motifs is 2. The molecule has 4 rings (SSSR count). The highest BCUT2D eigenvalue weighted by molar-refractivity contribution is 7.17. The van der Waals surface area contributed by atoms with Crippen LogP contribution in [0.3, 0.4) is 0 Å². The van der Waals surface area contributed by atoms with Gasteiger partial charge >= 0.3 is 0 Å². The standard InChI is InChI=1S/C14H17N3S/c1-16-6-10-8-17(9-11(10)7-16)13-2-4-15-12-3-5-18-14(12)13/h2-5,10-11H,6-9H2,1H3. The molecule has 0 N–H and O–H groups in total. The number of hydrogen-bond acceptors (Lipinski definition) is 4. The number of thiophene rings is 1. The molecule has 2 unspecified atom stereocenters. The van der Waals surface area contributed by atoms with E-state index in [0.29, 0.717) is 0 Å². The monoisotopic (exact) mass is 259 g/mol. The Kier molecular flexibility index (Phi) is 2.35. The summed E-state index contributed by atoms with van der Waals surface area (Å²) in [5, 5.41) is 2.14. The Hall–Kier alpha value is -1.13. The van der Waals surface area contributed by atoms with Crippen molar-refractivity contribution in [1.29, 1.82) is 0 Å². The molecule has 2 aromatic heterocycles. The number of hydrogen-bond donors (Lipinski definition) is 0. The van der Waals surface area contributed by atoms with Crippen LogP contribution in [-0.4, -0.2) is 43.1 Å². The van der Waals surface area contributed by atoms with Crippen molar-refractivity contribution in [2.75, 3.05) is 38.1 Å². The largest absolute Gasteiger partial charge is 0.370 e. The lowest BCUT2D eigenvalue weighted by Gasteiger charge is -2.21. The van der Waals surface area contributed by atoms with Gasteiger partial charge in [-0.05, 0) is 36.4 Å². The highest BCUT2D eigenvalue weighted by Crippen LogP contribution is 2.37. The summed E-state index contributed by atoms with van der Waals surface area (Å²) < 4.78 is 1.35. The summed E-state index contributed by atoms with van der Waals surface area (Å²) in [5.41, 5.74) is 2.54. The maximum Gasteiger partial charge on any atom is 0.0830 e. The van der Waals surface area contributed by atoms with Gasteiger partial charge in [-0.15, -0.1) is 11.3 Å². The van der Waals surface area contributed by atoms with Gasteiger partial charge in [-0.25, -0.2) is 0 Å². The molecule has 3 nitrogen and oxygen atoms in total. The predicted molar refractivity (Wildman–Crippen MR) is 76.3 cm³/mol. The number of aromatic nitrogens is 1. The molecule has 4 heterocycles. The van der Waals surface area contributed by atoms with E-state index in [1.807, 2.05) is 17.5 Å². The Labute approximate surface area is 111 Å². The SMILES string of the molecule is CN1CC2CN(c3ccnc4ccsc34)CC2C1. The first-order chi connectivity index (χ1) is 8.81. The minimum atomic E-state index is 0.859. The molecular weight excluding hydrogens is 242 g/mol. The van der Waals surface area contributed by atoms with Gasteiger partial charge in [-0.2, -0.15) is 0 Å². The third-order valence-electron chi connectivity index (χ3n) is 4.33. The van der Waals surface area contributed by atoms with E-state index in [-0.39, 0.29) is 0 Å². The zero-order chi connectivity index (χ0) is 12.1. The molecule has 2 aliphatic heterocycles. The fourth-order valence-corrected chi connectivity index (χ4v) is 4.43. The van der Waals surface area contributed by atoms with Gasteiger partial charge in [0.1, 0.15) is 0 Å². The Morgan fingerprint density at radius 1 is 1.17 bits per heavy atom. The van der Waals surface area contributed by atoms with E-state index in [2.05, 4.69) is 39.3 Å². The third-order valence-corrected chi connectivity index (χ3v) is 5.26. The molecule has 0 bridgehead atoms. The van der Waals surface area contributed by atoms with Gasteiger partial charge in [-0.3, -0.25) is 4.98 Å². The highest BCUT2D eigenvalue weighted by atomic mass is 32.1. The summed E-state index contributed by atoms with van der Waals surface area (Å²) in [6, 6.07) is 4.30. The zero-order valence-corrected chi connectivity index (χ0v) is 11.4. The van der Waals surface area contributed by atoms with Crippen molar-refractivity contribution in [1.82, 2.24) is 9.88 Å². The molecule has 2 fully saturated rings. The first kappa shape index (κ1) is 10.8. The number of rotatable bonds is 1. The van der Waals surface area contributed by atoms with Crippen molar-refractivity contribution in [2.24, 2.45) is 11.8 Å². The number of nitrogens with zero attached hydrogens (tertiary/aromatic N) is 3. The summed E-state index contributed by atoms with van der Waals surface area (Å²) >= 11 is 1.81. The van der Waals surface area contributed by atoms with Crippen LogP contribution in [0.4, 0.5) is 5.69 Å². The van der Waals surface area contributed by atoms with Gasteiger partial charge in [0.15, 0.2) is 0 Å². The lowest BCUT2D eigenvalue weighted by molar-refractivity contribution is 0.387. The molecule has 2 saturated heterocycles. The molecular formula is C14H17N3S. The fraction of sp³-hybridized carbons (Fsp3) is 0.500. The molecule has 0 amide bonds. The van der Waals surface area contributed by atoms with Gasteiger partial charge in [0.2, 0.25) is 0 Å². The molecule has 18 heavy (non-hydrogen) atoms.